The fourth-order valence-electron chi connectivity index (χ4n) is 1.70. The maximum Gasteiger partial charge on any atom is 0.0971 e. The molecule has 0 amide bonds. The number of benzene rings is 1. The van der Waals surface area contributed by atoms with Gasteiger partial charge in [0.15, 0.2) is 0 Å². The zero-order chi connectivity index (χ0) is 12.3. The molecule has 2 nitrogen and oxygen atoms in total. The lowest BCUT2D eigenvalue weighted by Gasteiger charge is -1.99. The zero-order valence-electron chi connectivity index (χ0n) is 10.2. The van der Waals surface area contributed by atoms with E-state index in [4.69, 9.17) is 0 Å². The predicted molar refractivity (Wildman–Crippen MR) is 71.5 cm³/mol. The number of hydrogen-bond donors (Lipinski definition) is 1. The highest BCUT2D eigenvalue weighted by atomic mass is 32.1. The van der Waals surface area contributed by atoms with E-state index in [1.54, 1.807) is 18.3 Å². The summed E-state index contributed by atoms with van der Waals surface area (Å²) in [4.78, 5) is 5.55. The molecule has 0 bridgehead atoms. The van der Waals surface area contributed by atoms with Gasteiger partial charge in [-0.15, -0.1) is 11.3 Å². The Kier molecular flexibility index (Phi) is 3.92. The van der Waals surface area contributed by atoms with Crippen molar-refractivity contribution >= 4 is 11.3 Å². The summed E-state index contributed by atoms with van der Waals surface area (Å²) in [6, 6.07) is 8.54. The lowest BCUT2D eigenvalue weighted by atomic mass is 10.1. The van der Waals surface area contributed by atoms with E-state index in [1.807, 2.05) is 6.20 Å². The third kappa shape index (κ3) is 3.65. The molecule has 0 aliphatic carbocycles. The molecule has 0 saturated carbocycles. The summed E-state index contributed by atoms with van der Waals surface area (Å²) in [5, 5.41) is 10.4. The molecule has 17 heavy (non-hydrogen) atoms. The van der Waals surface area contributed by atoms with Crippen molar-refractivity contribution in [1.29, 1.82) is 0 Å². The van der Waals surface area contributed by atoms with Crippen molar-refractivity contribution in [2.45, 2.75) is 32.8 Å². The molecule has 1 aromatic heterocycles. The van der Waals surface area contributed by atoms with Gasteiger partial charge in [0.1, 0.15) is 0 Å². The number of aryl methyl sites for hydroxylation is 1. The number of aromatic nitrogens is 1. The van der Waals surface area contributed by atoms with Crippen molar-refractivity contribution in [3.05, 3.63) is 51.5 Å². The van der Waals surface area contributed by atoms with E-state index in [0.29, 0.717) is 6.42 Å². The molecular weight excluding hydrogens is 230 g/mol. The van der Waals surface area contributed by atoms with Crippen LogP contribution in [-0.4, -0.2) is 16.2 Å². The van der Waals surface area contributed by atoms with Gasteiger partial charge >= 0.3 is 0 Å². The second-order valence-electron chi connectivity index (χ2n) is 4.44. The van der Waals surface area contributed by atoms with E-state index in [1.165, 1.54) is 11.1 Å². The maximum absolute atomic E-state index is 9.31. The van der Waals surface area contributed by atoms with Gasteiger partial charge in [0, 0.05) is 23.9 Å². The summed E-state index contributed by atoms with van der Waals surface area (Å²) < 4.78 is 0. The minimum Gasteiger partial charge on any atom is -0.393 e. The molecular formula is C14H17NOS. The largest absolute Gasteiger partial charge is 0.393 e. The molecule has 2 rings (SSSR count). The van der Waals surface area contributed by atoms with Crippen LogP contribution in [-0.2, 0) is 12.8 Å². The van der Waals surface area contributed by atoms with Gasteiger partial charge in [-0.1, -0.05) is 29.8 Å². The quantitative estimate of drug-likeness (QED) is 0.901. The van der Waals surface area contributed by atoms with Gasteiger partial charge in [-0.3, -0.25) is 0 Å². The SMILES string of the molecule is Cc1ccc(Cc2ncc(CC(C)O)s2)cc1. The molecule has 1 atom stereocenters. The number of aliphatic hydroxyl groups excluding tert-OH is 1. The number of hydrogen-bond acceptors (Lipinski definition) is 3. The molecule has 0 saturated heterocycles. The zero-order valence-corrected chi connectivity index (χ0v) is 11.0. The average molecular weight is 247 g/mol. The van der Waals surface area contributed by atoms with Gasteiger partial charge in [0.2, 0.25) is 0 Å². The van der Waals surface area contributed by atoms with E-state index in [-0.39, 0.29) is 6.10 Å². The van der Waals surface area contributed by atoms with Crippen LogP contribution in [0, 0.1) is 6.92 Å². The second-order valence-corrected chi connectivity index (χ2v) is 5.64. The van der Waals surface area contributed by atoms with Crippen LogP contribution in [0.3, 0.4) is 0 Å². The van der Waals surface area contributed by atoms with E-state index >= 15 is 0 Å². The van der Waals surface area contributed by atoms with E-state index in [2.05, 4.69) is 36.2 Å². The van der Waals surface area contributed by atoms with E-state index in [0.717, 1.165) is 16.3 Å². The van der Waals surface area contributed by atoms with Crippen LogP contribution in [0.25, 0.3) is 0 Å². The Hall–Kier alpha value is -1.19. The third-order valence-electron chi connectivity index (χ3n) is 2.57. The molecule has 0 spiro atoms. The minimum absolute atomic E-state index is 0.289. The highest BCUT2D eigenvalue weighted by molar-refractivity contribution is 7.11. The number of nitrogens with zero attached hydrogens (tertiary/aromatic N) is 1. The average Bonchev–Trinajstić information content (AvgIpc) is 2.68. The summed E-state index contributed by atoms with van der Waals surface area (Å²) >= 11 is 1.69. The first-order valence-corrected chi connectivity index (χ1v) is 6.62. The van der Waals surface area contributed by atoms with Gasteiger partial charge in [-0.25, -0.2) is 4.98 Å². The maximum atomic E-state index is 9.31. The van der Waals surface area contributed by atoms with Crippen LogP contribution in [0.5, 0.6) is 0 Å². The lowest BCUT2D eigenvalue weighted by molar-refractivity contribution is 0.196. The Bertz CT molecular complexity index is 473. The number of rotatable bonds is 4. The normalized spacial score (nSPS) is 12.6. The predicted octanol–water partition coefficient (Wildman–Crippen LogP) is 2.97. The molecule has 1 N–H and O–H groups in total. The van der Waals surface area contributed by atoms with Crippen molar-refractivity contribution in [2.24, 2.45) is 0 Å². The van der Waals surface area contributed by atoms with Gasteiger partial charge < -0.3 is 5.11 Å². The van der Waals surface area contributed by atoms with Crippen LogP contribution in [0.4, 0.5) is 0 Å². The van der Waals surface area contributed by atoms with Crippen molar-refractivity contribution in [3.63, 3.8) is 0 Å². The van der Waals surface area contributed by atoms with Crippen LogP contribution < -0.4 is 0 Å². The highest BCUT2D eigenvalue weighted by Crippen LogP contribution is 2.18. The Morgan fingerprint density at radius 3 is 2.65 bits per heavy atom. The van der Waals surface area contributed by atoms with Crippen LogP contribution >= 0.6 is 11.3 Å². The van der Waals surface area contributed by atoms with Crippen LogP contribution in [0.15, 0.2) is 30.5 Å². The summed E-state index contributed by atoms with van der Waals surface area (Å²) in [5.74, 6) is 0. The summed E-state index contributed by atoms with van der Waals surface area (Å²) in [7, 11) is 0. The number of thiazole rings is 1. The Labute approximate surface area is 106 Å². The van der Waals surface area contributed by atoms with Gasteiger partial charge in [0.05, 0.1) is 11.1 Å². The van der Waals surface area contributed by atoms with Crippen molar-refractivity contribution in [2.75, 3.05) is 0 Å². The third-order valence-corrected chi connectivity index (χ3v) is 3.59. The van der Waals surface area contributed by atoms with E-state index in [9.17, 15) is 5.11 Å². The second kappa shape index (κ2) is 5.43. The summed E-state index contributed by atoms with van der Waals surface area (Å²) in [6.07, 6.45) is 3.17. The van der Waals surface area contributed by atoms with E-state index < -0.39 is 0 Å². The molecule has 90 valence electrons. The first-order valence-electron chi connectivity index (χ1n) is 5.80. The number of aliphatic hydroxyl groups is 1. The topological polar surface area (TPSA) is 33.1 Å². The molecule has 2 aromatic rings. The molecule has 1 heterocycles. The molecule has 0 radical (unpaired) electrons. The summed E-state index contributed by atoms with van der Waals surface area (Å²) in [6.45, 7) is 3.90. The lowest BCUT2D eigenvalue weighted by Crippen LogP contribution is -2.01. The molecule has 0 fully saturated rings. The molecule has 3 heteroatoms. The molecule has 1 aromatic carbocycles. The first kappa shape index (κ1) is 12.3. The fourth-order valence-corrected chi connectivity index (χ4v) is 2.77. The van der Waals surface area contributed by atoms with Gasteiger partial charge in [0.25, 0.3) is 0 Å². The van der Waals surface area contributed by atoms with Crippen molar-refractivity contribution in [1.82, 2.24) is 4.98 Å². The van der Waals surface area contributed by atoms with Crippen molar-refractivity contribution < 1.29 is 5.11 Å². The standard InChI is InChI=1S/C14H17NOS/c1-10-3-5-12(6-4-10)8-14-15-9-13(17-14)7-11(2)16/h3-6,9,11,16H,7-8H2,1-2H3. The monoisotopic (exact) mass is 247 g/mol. The van der Waals surface area contributed by atoms with Gasteiger partial charge in [-0.2, -0.15) is 0 Å². The summed E-state index contributed by atoms with van der Waals surface area (Å²) in [5.41, 5.74) is 2.57. The fraction of sp³-hybridized carbons (Fsp3) is 0.357. The van der Waals surface area contributed by atoms with Crippen molar-refractivity contribution in [3.8, 4) is 0 Å². The first-order chi connectivity index (χ1) is 8.13. The molecule has 0 aliphatic rings. The molecule has 0 aliphatic heterocycles. The molecule has 1 unspecified atom stereocenters. The Morgan fingerprint density at radius 2 is 2.00 bits per heavy atom. The minimum atomic E-state index is -0.289. The highest BCUT2D eigenvalue weighted by Gasteiger charge is 2.05. The van der Waals surface area contributed by atoms with Gasteiger partial charge in [-0.05, 0) is 19.4 Å². The Morgan fingerprint density at radius 1 is 1.29 bits per heavy atom. The van der Waals surface area contributed by atoms with Crippen LogP contribution in [0.2, 0.25) is 0 Å². The Balaban J connectivity index is 2.03. The smallest absolute Gasteiger partial charge is 0.0971 e. The van der Waals surface area contributed by atoms with Crippen LogP contribution in [0.1, 0.15) is 27.9 Å².